The molecule has 11 heteroatoms. The van der Waals surface area contributed by atoms with Crippen LogP contribution < -0.4 is 21.1 Å². The number of aromatic amines is 1. The van der Waals surface area contributed by atoms with Crippen molar-refractivity contribution >= 4 is 46.8 Å². The van der Waals surface area contributed by atoms with Gasteiger partial charge in [-0.2, -0.15) is 4.98 Å². The number of benzene rings is 1. The Morgan fingerprint density at radius 1 is 1.26 bits per heavy atom. The number of fused-ring (bicyclic) bond motifs is 1. The molecule has 1 aromatic carbocycles. The first-order valence-corrected chi connectivity index (χ1v) is 11.6. The minimum atomic E-state index is -0.998. The van der Waals surface area contributed by atoms with E-state index in [1.165, 1.54) is 0 Å². The maximum Gasteiger partial charge on any atom is 0.309 e. The number of nitrogens with zero attached hydrogens (tertiary/aromatic N) is 2. The van der Waals surface area contributed by atoms with Crippen LogP contribution in [-0.2, 0) is 19.1 Å². The second-order valence-corrected chi connectivity index (χ2v) is 8.86. The lowest BCUT2D eigenvalue weighted by Crippen LogP contribution is -2.41. The highest BCUT2D eigenvalue weighted by atomic mass is 35.5. The molecule has 3 N–H and O–H groups in total. The Balaban J connectivity index is 1.55. The summed E-state index contributed by atoms with van der Waals surface area (Å²) in [6, 6.07) is 5.09. The van der Waals surface area contributed by atoms with Gasteiger partial charge in [-0.15, -0.1) is 0 Å². The van der Waals surface area contributed by atoms with Gasteiger partial charge in [-0.25, -0.2) is 0 Å². The minimum absolute atomic E-state index is 0.0745. The zero-order valence-electron chi connectivity index (χ0n) is 18.9. The predicted octanol–water partition coefficient (Wildman–Crippen LogP) is 2.58. The van der Waals surface area contributed by atoms with Crippen LogP contribution in [0.4, 0.5) is 17.5 Å². The van der Waals surface area contributed by atoms with Gasteiger partial charge in [0.2, 0.25) is 17.8 Å². The van der Waals surface area contributed by atoms with Gasteiger partial charge in [-0.05, 0) is 44.4 Å². The molecule has 2 amide bonds. The summed E-state index contributed by atoms with van der Waals surface area (Å²) in [5, 5.41) is 5.85. The molecule has 1 saturated heterocycles. The fourth-order valence-corrected chi connectivity index (χ4v) is 4.44. The SMILES string of the molecule is CCOC(=O)C1CCN(c2nc3c(c(=O)[nH]2)[C@@H](C(=O)Nc2cc(Cl)ccc2C)CC(=O)N3)CC1. The molecule has 0 aliphatic carbocycles. The molecule has 4 rings (SSSR count). The number of ether oxygens (including phenoxy) is 1. The molecule has 3 heterocycles. The number of hydrogen-bond donors (Lipinski definition) is 3. The average Bonchev–Trinajstić information content (AvgIpc) is 2.80. The third-order valence-electron chi connectivity index (χ3n) is 6.13. The van der Waals surface area contributed by atoms with Crippen LogP contribution in [0.3, 0.4) is 0 Å². The molecule has 2 aliphatic heterocycles. The van der Waals surface area contributed by atoms with E-state index in [4.69, 9.17) is 16.3 Å². The second kappa shape index (κ2) is 9.84. The lowest BCUT2D eigenvalue weighted by Gasteiger charge is -2.32. The van der Waals surface area contributed by atoms with Gasteiger partial charge in [-0.1, -0.05) is 17.7 Å². The van der Waals surface area contributed by atoms with Crippen molar-refractivity contribution in [2.75, 3.05) is 35.2 Å². The maximum absolute atomic E-state index is 13.1. The number of hydrogen-bond acceptors (Lipinski definition) is 7. The standard InChI is InChI=1S/C23H26ClN5O5/c1-3-34-22(33)13-6-8-29(9-7-13)23-27-19-18(21(32)28-23)15(11-17(30)26-19)20(31)25-16-10-14(24)5-4-12(16)2/h4-5,10,13,15H,3,6-9,11H2,1-2H3,(H,25,31)(H2,26,27,28,30,32)/t15-/m0/s1. The molecular formula is C23H26ClN5O5. The van der Waals surface area contributed by atoms with E-state index in [2.05, 4.69) is 20.6 Å². The van der Waals surface area contributed by atoms with Crippen molar-refractivity contribution in [3.05, 3.63) is 44.7 Å². The van der Waals surface area contributed by atoms with E-state index < -0.39 is 23.3 Å². The summed E-state index contributed by atoms with van der Waals surface area (Å²) in [5.41, 5.74) is 0.930. The zero-order chi connectivity index (χ0) is 24.4. The van der Waals surface area contributed by atoms with Gasteiger partial charge in [-0.3, -0.25) is 24.2 Å². The van der Waals surface area contributed by atoms with Crippen molar-refractivity contribution in [1.29, 1.82) is 0 Å². The Labute approximate surface area is 201 Å². The van der Waals surface area contributed by atoms with Gasteiger partial charge in [0.05, 0.1) is 24.0 Å². The van der Waals surface area contributed by atoms with Crippen molar-refractivity contribution in [3.8, 4) is 0 Å². The lowest BCUT2D eigenvalue weighted by atomic mass is 9.92. The van der Waals surface area contributed by atoms with Crippen LogP contribution in [0.15, 0.2) is 23.0 Å². The van der Waals surface area contributed by atoms with Gasteiger partial charge in [0.1, 0.15) is 5.82 Å². The molecule has 0 bridgehead atoms. The molecule has 1 atom stereocenters. The number of esters is 1. The van der Waals surface area contributed by atoms with E-state index in [0.717, 1.165) is 5.56 Å². The normalized spacial score (nSPS) is 18.1. The Kier molecular flexibility index (Phi) is 6.87. The molecular weight excluding hydrogens is 462 g/mol. The zero-order valence-corrected chi connectivity index (χ0v) is 19.7. The number of piperidine rings is 1. The molecule has 2 aromatic rings. The van der Waals surface area contributed by atoms with Gasteiger partial charge in [0, 0.05) is 30.2 Å². The largest absolute Gasteiger partial charge is 0.466 e. The smallest absolute Gasteiger partial charge is 0.309 e. The van der Waals surface area contributed by atoms with Crippen molar-refractivity contribution < 1.29 is 19.1 Å². The van der Waals surface area contributed by atoms with Crippen molar-refractivity contribution in [1.82, 2.24) is 9.97 Å². The molecule has 0 unspecified atom stereocenters. The quantitative estimate of drug-likeness (QED) is 0.552. The van der Waals surface area contributed by atoms with Crippen LogP contribution >= 0.6 is 11.6 Å². The summed E-state index contributed by atoms with van der Waals surface area (Å²) in [5.74, 6) is -1.93. The molecule has 10 nitrogen and oxygen atoms in total. The van der Waals surface area contributed by atoms with Crippen LogP contribution in [0.1, 0.15) is 43.2 Å². The summed E-state index contributed by atoms with van der Waals surface area (Å²) >= 11 is 6.04. The first-order chi connectivity index (χ1) is 16.3. The van der Waals surface area contributed by atoms with Crippen molar-refractivity contribution in [2.24, 2.45) is 5.92 Å². The second-order valence-electron chi connectivity index (χ2n) is 8.42. The van der Waals surface area contributed by atoms with Crippen LogP contribution in [0.2, 0.25) is 5.02 Å². The highest BCUT2D eigenvalue weighted by Gasteiger charge is 2.36. The molecule has 34 heavy (non-hydrogen) atoms. The van der Waals surface area contributed by atoms with Gasteiger partial charge >= 0.3 is 5.97 Å². The van der Waals surface area contributed by atoms with E-state index in [1.54, 1.807) is 25.1 Å². The Bertz CT molecular complexity index is 1190. The van der Waals surface area contributed by atoms with E-state index in [-0.39, 0.29) is 35.6 Å². The van der Waals surface area contributed by atoms with Crippen LogP contribution in [0, 0.1) is 12.8 Å². The maximum atomic E-state index is 13.1. The predicted molar refractivity (Wildman–Crippen MR) is 127 cm³/mol. The Morgan fingerprint density at radius 3 is 2.71 bits per heavy atom. The molecule has 0 radical (unpaired) electrons. The summed E-state index contributed by atoms with van der Waals surface area (Å²) in [6.45, 7) is 4.92. The van der Waals surface area contributed by atoms with E-state index in [1.807, 2.05) is 11.8 Å². The molecule has 0 spiro atoms. The number of amides is 2. The fraction of sp³-hybridized carbons (Fsp3) is 0.435. The summed E-state index contributed by atoms with van der Waals surface area (Å²) in [4.78, 5) is 59.5. The van der Waals surface area contributed by atoms with E-state index in [0.29, 0.717) is 43.2 Å². The van der Waals surface area contributed by atoms with Gasteiger partial charge in [0.15, 0.2) is 0 Å². The molecule has 180 valence electrons. The number of aromatic nitrogens is 2. The third kappa shape index (κ3) is 4.91. The third-order valence-corrected chi connectivity index (χ3v) is 6.36. The number of carbonyl (C=O) groups is 3. The van der Waals surface area contributed by atoms with Crippen molar-refractivity contribution in [3.63, 3.8) is 0 Å². The topological polar surface area (TPSA) is 133 Å². The molecule has 1 aromatic heterocycles. The average molecular weight is 488 g/mol. The van der Waals surface area contributed by atoms with Crippen LogP contribution in [0.5, 0.6) is 0 Å². The van der Waals surface area contributed by atoms with E-state index >= 15 is 0 Å². The number of rotatable bonds is 5. The number of aryl methyl sites for hydroxylation is 1. The van der Waals surface area contributed by atoms with Gasteiger partial charge in [0.25, 0.3) is 5.56 Å². The summed E-state index contributed by atoms with van der Waals surface area (Å²) < 4.78 is 5.09. The monoisotopic (exact) mass is 487 g/mol. The minimum Gasteiger partial charge on any atom is -0.466 e. The van der Waals surface area contributed by atoms with Crippen molar-refractivity contribution in [2.45, 2.75) is 39.0 Å². The Hall–Kier alpha value is -3.40. The summed E-state index contributed by atoms with van der Waals surface area (Å²) in [7, 11) is 0. The van der Waals surface area contributed by atoms with Crippen LogP contribution in [-0.4, -0.2) is 47.4 Å². The number of carbonyl (C=O) groups excluding carboxylic acids is 3. The van der Waals surface area contributed by atoms with E-state index in [9.17, 15) is 19.2 Å². The first-order valence-electron chi connectivity index (χ1n) is 11.2. The van der Waals surface area contributed by atoms with Crippen LogP contribution in [0.25, 0.3) is 0 Å². The number of nitrogens with one attached hydrogen (secondary N) is 3. The lowest BCUT2D eigenvalue weighted by molar-refractivity contribution is -0.148. The highest BCUT2D eigenvalue weighted by Crippen LogP contribution is 2.32. The Morgan fingerprint density at radius 2 is 2.00 bits per heavy atom. The van der Waals surface area contributed by atoms with Gasteiger partial charge < -0.3 is 20.3 Å². The molecule has 2 aliphatic rings. The molecule has 1 fully saturated rings. The first kappa shape index (κ1) is 23.7. The number of halogens is 1. The number of H-pyrrole nitrogens is 1. The highest BCUT2D eigenvalue weighted by molar-refractivity contribution is 6.31. The number of anilines is 3. The molecule has 0 saturated carbocycles. The summed E-state index contributed by atoms with van der Waals surface area (Å²) in [6.07, 6.45) is 0.958. The fourth-order valence-electron chi connectivity index (χ4n) is 4.27.